The number of halogens is 2. The number of hydrogen-bond donors (Lipinski definition) is 2. The molecule has 0 atom stereocenters. The first-order valence-corrected chi connectivity index (χ1v) is 7.87. The number of sulfonamides is 1. The van der Waals surface area contributed by atoms with Crippen molar-refractivity contribution in [1.29, 1.82) is 0 Å². The van der Waals surface area contributed by atoms with E-state index in [9.17, 15) is 12.8 Å². The summed E-state index contributed by atoms with van der Waals surface area (Å²) in [5.74, 6) is -0.439. The summed E-state index contributed by atoms with van der Waals surface area (Å²) in [4.78, 5) is 0.119. The smallest absolute Gasteiger partial charge is 0.241 e. The lowest BCUT2D eigenvalue weighted by atomic mass is 10.0. The van der Waals surface area contributed by atoms with Crippen molar-refractivity contribution in [2.24, 2.45) is 5.73 Å². The highest BCUT2D eigenvalue weighted by Crippen LogP contribution is 2.30. The number of nitrogens with one attached hydrogen (secondary N) is 1. The third-order valence-corrected chi connectivity index (χ3v) is 5.47. The number of benzene rings is 1. The lowest BCUT2D eigenvalue weighted by Crippen LogP contribution is -2.51. The highest BCUT2D eigenvalue weighted by Gasteiger charge is 2.37. The van der Waals surface area contributed by atoms with Gasteiger partial charge < -0.3 is 5.73 Å². The summed E-state index contributed by atoms with van der Waals surface area (Å²) in [7, 11) is -3.66. The van der Waals surface area contributed by atoms with Crippen LogP contribution in [0.15, 0.2) is 23.1 Å². The molecule has 114 valence electrons. The average molecular weight is 323 g/mol. The molecule has 0 aromatic heterocycles. The monoisotopic (exact) mass is 322 g/mol. The summed E-state index contributed by atoms with van der Waals surface area (Å²) in [5, 5.41) is 0. The largest absolute Gasteiger partial charge is 0.329 e. The maximum Gasteiger partial charge on any atom is 0.241 e. The van der Waals surface area contributed by atoms with Gasteiger partial charge in [-0.2, -0.15) is 0 Å². The fourth-order valence-electron chi connectivity index (χ4n) is 2.65. The van der Waals surface area contributed by atoms with Gasteiger partial charge in [0.05, 0.1) is 4.90 Å². The van der Waals surface area contributed by atoms with Crippen molar-refractivity contribution < 1.29 is 12.8 Å². The van der Waals surface area contributed by atoms with E-state index in [1.807, 2.05) is 0 Å². The van der Waals surface area contributed by atoms with E-state index in [2.05, 4.69) is 4.72 Å². The van der Waals surface area contributed by atoms with Crippen LogP contribution >= 0.6 is 12.4 Å². The van der Waals surface area contributed by atoms with Gasteiger partial charge in [-0.3, -0.25) is 0 Å². The van der Waals surface area contributed by atoms with E-state index >= 15 is 0 Å². The fourth-order valence-corrected chi connectivity index (χ4v) is 4.35. The molecular formula is C13H20ClFN2O2S. The van der Waals surface area contributed by atoms with Crippen LogP contribution in [0.1, 0.15) is 31.2 Å². The van der Waals surface area contributed by atoms with Crippen LogP contribution in [0.2, 0.25) is 0 Å². The second kappa shape index (κ2) is 6.39. The second-order valence-corrected chi connectivity index (χ2v) is 6.86. The summed E-state index contributed by atoms with van der Waals surface area (Å²) in [6, 6.07) is 3.68. The molecule has 0 radical (unpaired) electrons. The maximum absolute atomic E-state index is 13.0. The van der Waals surface area contributed by atoms with Crippen LogP contribution in [-0.2, 0) is 10.0 Å². The van der Waals surface area contributed by atoms with Crippen molar-refractivity contribution in [1.82, 2.24) is 4.72 Å². The minimum absolute atomic E-state index is 0. The highest BCUT2D eigenvalue weighted by molar-refractivity contribution is 7.89. The Kier molecular flexibility index (Phi) is 5.54. The van der Waals surface area contributed by atoms with Crippen molar-refractivity contribution in [3.63, 3.8) is 0 Å². The zero-order valence-electron chi connectivity index (χ0n) is 11.4. The molecule has 4 nitrogen and oxygen atoms in total. The first kappa shape index (κ1) is 17.4. The normalized spacial score (nSPS) is 17.8. The summed E-state index contributed by atoms with van der Waals surface area (Å²) >= 11 is 0. The van der Waals surface area contributed by atoms with E-state index in [0.717, 1.165) is 31.7 Å². The molecule has 3 N–H and O–H groups in total. The second-order valence-electron chi connectivity index (χ2n) is 5.21. The van der Waals surface area contributed by atoms with Gasteiger partial charge in [-0.15, -0.1) is 12.4 Å². The van der Waals surface area contributed by atoms with Gasteiger partial charge in [0.15, 0.2) is 0 Å². The van der Waals surface area contributed by atoms with E-state index in [-0.39, 0.29) is 23.8 Å². The Hall–Kier alpha value is -0.690. The van der Waals surface area contributed by atoms with Gasteiger partial charge in [-0.1, -0.05) is 12.8 Å². The number of hydrogen-bond acceptors (Lipinski definition) is 3. The van der Waals surface area contributed by atoms with E-state index < -0.39 is 21.4 Å². The SMILES string of the molecule is Cc1cc(F)ccc1S(=O)(=O)NC1(CN)CCCC1.Cl. The quantitative estimate of drug-likeness (QED) is 0.891. The fraction of sp³-hybridized carbons (Fsp3) is 0.538. The molecule has 1 aromatic rings. The maximum atomic E-state index is 13.0. The zero-order chi connectivity index (χ0) is 14.1. The van der Waals surface area contributed by atoms with Crippen LogP contribution in [0.4, 0.5) is 4.39 Å². The Morgan fingerprint density at radius 1 is 1.35 bits per heavy atom. The Balaban J connectivity index is 0.00000200. The predicted octanol–water partition coefficient (Wildman–Crippen LogP) is 2.11. The highest BCUT2D eigenvalue weighted by atomic mass is 35.5. The molecule has 20 heavy (non-hydrogen) atoms. The Labute approximate surface area is 125 Å². The summed E-state index contributed by atoms with van der Waals surface area (Å²) in [5.41, 5.74) is 5.59. The zero-order valence-corrected chi connectivity index (χ0v) is 13.0. The molecule has 0 spiro atoms. The molecule has 0 amide bonds. The topological polar surface area (TPSA) is 72.2 Å². The first-order chi connectivity index (χ1) is 8.88. The Bertz CT molecular complexity index is 572. The molecule has 0 bridgehead atoms. The van der Waals surface area contributed by atoms with E-state index in [0.29, 0.717) is 5.56 Å². The van der Waals surface area contributed by atoms with E-state index in [4.69, 9.17) is 5.73 Å². The van der Waals surface area contributed by atoms with Gasteiger partial charge >= 0.3 is 0 Å². The molecule has 1 saturated carbocycles. The molecule has 2 rings (SSSR count). The first-order valence-electron chi connectivity index (χ1n) is 6.39. The van der Waals surface area contributed by atoms with Crippen LogP contribution in [-0.4, -0.2) is 20.5 Å². The third-order valence-electron chi connectivity index (χ3n) is 3.73. The minimum atomic E-state index is -3.66. The lowest BCUT2D eigenvalue weighted by molar-refractivity contribution is 0.399. The van der Waals surface area contributed by atoms with Gasteiger partial charge in [-0.05, 0) is 43.5 Å². The van der Waals surface area contributed by atoms with E-state index in [1.165, 1.54) is 12.1 Å². The molecule has 0 unspecified atom stereocenters. The van der Waals surface area contributed by atoms with Crippen molar-refractivity contribution in [3.05, 3.63) is 29.6 Å². The summed E-state index contributed by atoms with van der Waals surface area (Å²) in [6.07, 6.45) is 3.45. The van der Waals surface area contributed by atoms with Crippen LogP contribution in [0.25, 0.3) is 0 Å². The van der Waals surface area contributed by atoms with Gasteiger partial charge in [0, 0.05) is 12.1 Å². The van der Waals surface area contributed by atoms with Crippen molar-refractivity contribution in [2.45, 2.75) is 43.0 Å². The molecule has 1 aliphatic carbocycles. The minimum Gasteiger partial charge on any atom is -0.329 e. The molecule has 1 aromatic carbocycles. The summed E-state index contributed by atoms with van der Waals surface area (Å²) in [6.45, 7) is 1.87. The average Bonchev–Trinajstić information content (AvgIpc) is 2.77. The standard InChI is InChI=1S/C13H19FN2O2S.ClH/c1-10-8-11(14)4-5-12(10)19(17,18)16-13(9-15)6-2-3-7-13;/h4-5,8,16H,2-3,6-7,9,15H2,1H3;1H. The molecule has 0 aliphatic heterocycles. The van der Waals surface area contributed by atoms with Crippen molar-refractivity contribution in [3.8, 4) is 0 Å². The van der Waals surface area contributed by atoms with Crippen molar-refractivity contribution >= 4 is 22.4 Å². The molecule has 0 heterocycles. The van der Waals surface area contributed by atoms with Gasteiger partial charge in [0.2, 0.25) is 10.0 Å². The van der Waals surface area contributed by atoms with Crippen LogP contribution < -0.4 is 10.5 Å². The Morgan fingerprint density at radius 3 is 2.45 bits per heavy atom. The number of nitrogens with two attached hydrogens (primary N) is 1. The Morgan fingerprint density at radius 2 is 1.95 bits per heavy atom. The molecular weight excluding hydrogens is 303 g/mol. The molecule has 1 aliphatic rings. The van der Waals surface area contributed by atoms with Crippen LogP contribution in [0.5, 0.6) is 0 Å². The van der Waals surface area contributed by atoms with E-state index in [1.54, 1.807) is 6.92 Å². The van der Waals surface area contributed by atoms with Gasteiger partial charge in [-0.25, -0.2) is 17.5 Å². The van der Waals surface area contributed by atoms with Gasteiger partial charge in [0.25, 0.3) is 0 Å². The number of rotatable bonds is 4. The molecule has 7 heteroatoms. The molecule has 1 fully saturated rings. The van der Waals surface area contributed by atoms with Gasteiger partial charge in [0.1, 0.15) is 5.82 Å². The lowest BCUT2D eigenvalue weighted by Gasteiger charge is -2.28. The van der Waals surface area contributed by atoms with Crippen molar-refractivity contribution in [2.75, 3.05) is 6.54 Å². The third kappa shape index (κ3) is 3.49. The number of aryl methyl sites for hydroxylation is 1. The predicted molar refractivity (Wildman–Crippen MR) is 79.0 cm³/mol. The molecule has 0 saturated heterocycles. The van der Waals surface area contributed by atoms with Crippen LogP contribution in [0.3, 0.4) is 0 Å². The summed E-state index contributed by atoms with van der Waals surface area (Å²) < 4.78 is 40.6. The van der Waals surface area contributed by atoms with Crippen LogP contribution in [0, 0.1) is 12.7 Å².